The van der Waals surface area contributed by atoms with Crippen molar-refractivity contribution in [1.29, 1.82) is 0 Å². The van der Waals surface area contributed by atoms with Gasteiger partial charge in [0, 0.05) is 41.7 Å². The first-order chi connectivity index (χ1) is 11.8. The van der Waals surface area contributed by atoms with Crippen LogP contribution in [0.4, 0.5) is 4.39 Å². The number of thioether (sulfide) groups is 1. The Morgan fingerprint density at radius 1 is 1.48 bits per heavy atom. The Kier molecular flexibility index (Phi) is 7.54. The number of hydrogen-bond acceptors (Lipinski definition) is 4. The fourth-order valence-electron chi connectivity index (χ4n) is 2.69. The van der Waals surface area contributed by atoms with Crippen LogP contribution < -0.4 is 5.32 Å². The lowest BCUT2D eigenvalue weighted by Gasteiger charge is -2.30. The molecule has 0 saturated carbocycles. The SMILES string of the molecule is CS(=O)(=O)N1CCCC(C(=O)NCCSCc2c(F)cccc2Cl)C1. The number of nitrogens with one attached hydrogen (secondary N) is 1. The summed E-state index contributed by atoms with van der Waals surface area (Å²) in [7, 11) is -3.26. The molecule has 1 aliphatic heterocycles. The zero-order valence-corrected chi connectivity index (χ0v) is 16.4. The second kappa shape index (κ2) is 9.21. The molecule has 5 nitrogen and oxygen atoms in total. The number of nitrogens with zero attached hydrogens (tertiary/aromatic N) is 1. The molecule has 140 valence electrons. The van der Waals surface area contributed by atoms with Crippen LogP contribution in [0.15, 0.2) is 18.2 Å². The minimum Gasteiger partial charge on any atom is -0.355 e. The van der Waals surface area contributed by atoms with Gasteiger partial charge < -0.3 is 5.32 Å². The minimum atomic E-state index is -3.26. The number of benzene rings is 1. The summed E-state index contributed by atoms with van der Waals surface area (Å²) in [5.74, 6) is 0.297. The molecule has 1 unspecified atom stereocenters. The molecule has 1 amide bonds. The maximum atomic E-state index is 13.6. The van der Waals surface area contributed by atoms with Crippen molar-refractivity contribution < 1.29 is 17.6 Å². The first-order valence-electron chi connectivity index (χ1n) is 8.02. The van der Waals surface area contributed by atoms with Crippen molar-refractivity contribution in [3.8, 4) is 0 Å². The molecule has 0 aromatic heterocycles. The Morgan fingerprint density at radius 3 is 2.92 bits per heavy atom. The highest BCUT2D eigenvalue weighted by Crippen LogP contribution is 2.23. The largest absolute Gasteiger partial charge is 0.355 e. The standard InChI is InChI=1S/C16H22ClFN2O3S2/c1-25(22,23)20-8-3-4-12(10-20)16(21)19-7-9-24-11-13-14(17)5-2-6-15(13)18/h2,5-6,12H,3-4,7-11H2,1H3,(H,19,21). The molecule has 1 heterocycles. The summed E-state index contributed by atoms with van der Waals surface area (Å²) < 4.78 is 38.2. The number of hydrogen-bond donors (Lipinski definition) is 1. The van der Waals surface area contributed by atoms with Crippen LogP contribution in [0, 0.1) is 11.7 Å². The quantitative estimate of drug-likeness (QED) is 0.704. The molecule has 2 rings (SSSR count). The van der Waals surface area contributed by atoms with Crippen molar-refractivity contribution in [3.05, 3.63) is 34.6 Å². The van der Waals surface area contributed by atoms with Crippen molar-refractivity contribution in [1.82, 2.24) is 9.62 Å². The Morgan fingerprint density at radius 2 is 2.24 bits per heavy atom. The van der Waals surface area contributed by atoms with Crippen molar-refractivity contribution in [2.24, 2.45) is 5.92 Å². The van der Waals surface area contributed by atoms with Gasteiger partial charge in [-0.15, -0.1) is 0 Å². The van der Waals surface area contributed by atoms with Crippen LogP contribution >= 0.6 is 23.4 Å². The summed E-state index contributed by atoms with van der Waals surface area (Å²) in [6, 6.07) is 4.59. The Balaban J connectivity index is 1.72. The summed E-state index contributed by atoms with van der Waals surface area (Å²) in [6.07, 6.45) is 2.54. The average Bonchev–Trinajstić information content (AvgIpc) is 2.56. The van der Waals surface area contributed by atoms with Crippen molar-refractivity contribution >= 4 is 39.3 Å². The summed E-state index contributed by atoms with van der Waals surface area (Å²) in [6.45, 7) is 1.16. The van der Waals surface area contributed by atoms with Gasteiger partial charge in [0.15, 0.2) is 0 Å². The van der Waals surface area contributed by atoms with E-state index < -0.39 is 10.0 Å². The molecule has 1 fully saturated rings. The molecule has 1 aromatic carbocycles. The van der Waals surface area contributed by atoms with Crippen molar-refractivity contribution in [3.63, 3.8) is 0 Å². The molecule has 1 saturated heterocycles. The van der Waals surface area contributed by atoms with Crippen molar-refractivity contribution in [2.75, 3.05) is 31.6 Å². The molecule has 1 aliphatic rings. The van der Waals surface area contributed by atoms with Gasteiger partial charge in [-0.1, -0.05) is 17.7 Å². The third-order valence-electron chi connectivity index (χ3n) is 4.08. The normalized spacial score (nSPS) is 18.9. The molecule has 0 radical (unpaired) electrons. The zero-order valence-electron chi connectivity index (χ0n) is 14.0. The average molecular weight is 409 g/mol. The molecule has 1 aromatic rings. The summed E-state index contributed by atoms with van der Waals surface area (Å²) >= 11 is 7.45. The van der Waals surface area contributed by atoms with Crippen LogP contribution in [0.2, 0.25) is 5.02 Å². The highest BCUT2D eigenvalue weighted by Gasteiger charge is 2.29. The second-order valence-electron chi connectivity index (χ2n) is 6.00. The van der Waals surface area contributed by atoms with Crippen LogP contribution in [0.5, 0.6) is 0 Å². The molecule has 9 heteroatoms. The molecule has 1 N–H and O–H groups in total. The van der Waals surface area contributed by atoms with Crippen molar-refractivity contribution in [2.45, 2.75) is 18.6 Å². The molecule has 1 atom stereocenters. The number of sulfonamides is 1. The highest BCUT2D eigenvalue weighted by atomic mass is 35.5. The van der Waals surface area contributed by atoms with Crippen LogP contribution in [-0.2, 0) is 20.6 Å². The Labute approximate surface area is 157 Å². The van der Waals surface area contributed by atoms with E-state index in [2.05, 4.69) is 5.32 Å². The van der Waals surface area contributed by atoms with E-state index in [0.717, 1.165) is 6.26 Å². The smallest absolute Gasteiger partial charge is 0.224 e. The van der Waals surface area contributed by atoms with E-state index in [-0.39, 0.29) is 24.2 Å². The Bertz CT molecular complexity index is 695. The van der Waals surface area contributed by atoms with E-state index in [1.165, 1.54) is 22.1 Å². The summed E-state index contributed by atoms with van der Waals surface area (Å²) in [4.78, 5) is 12.2. The topological polar surface area (TPSA) is 66.5 Å². The lowest BCUT2D eigenvalue weighted by molar-refractivity contribution is -0.125. The number of piperidine rings is 1. The predicted octanol–water partition coefficient (Wildman–Crippen LogP) is 2.50. The van der Waals surface area contributed by atoms with Crippen LogP contribution in [0.25, 0.3) is 0 Å². The number of carbonyl (C=O) groups excluding carboxylic acids is 1. The lowest BCUT2D eigenvalue weighted by Crippen LogP contribution is -2.45. The van der Waals surface area contributed by atoms with Gasteiger partial charge >= 0.3 is 0 Å². The maximum absolute atomic E-state index is 13.6. The van der Waals surface area contributed by atoms with E-state index in [9.17, 15) is 17.6 Å². The van der Waals surface area contributed by atoms with Gasteiger partial charge in [0.25, 0.3) is 0 Å². The van der Waals surface area contributed by atoms with Gasteiger partial charge in [0.1, 0.15) is 5.82 Å². The Hall–Kier alpha value is -0.830. The number of rotatable bonds is 7. The van der Waals surface area contributed by atoms with Crippen LogP contribution in [0.3, 0.4) is 0 Å². The number of carbonyl (C=O) groups is 1. The molecular formula is C16H22ClFN2O3S2. The second-order valence-corrected chi connectivity index (χ2v) is 9.50. The zero-order chi connectivity index (χ0) is 18.4. The van der Waals surface area contributed by atoms with Gasteiger partial charge in [0.05, 0.1) is 12.2 Å². The lowest BCUT2D eigenvalue weighted by atomic mass is 9.99. The fraction of sp³-hybridized carbons (Fsp3) is 0.562. The first-order valence-corrected chi connectivity index (χ1v) is 11.4. The van der Waals surface area contributed by atoms with Gasteiger partial charge in [-0.3, -0.25) is 4.79 Å². The fourth-order valence-corrected chi connectivity index (χ4v) is 4.80. The van der Waals surface area contributed by atoms with Gasteiger partial charge in [0.2, 0.25) is 15.9 Å². The summed E-state index contributed by atoms with van der Waals surface area (Å²) in [5, 5.41) is 3.23. The predicted molar refractivity (Wildman–Crippen MR) is 99.7 cm³/mol. The molecular weight excluding hydrogens is 387 g/mol. The highest BCUT2D eigenvalue weighted by molar-refractivity contribution is 7.98. The summed E-state index contributed by atoms with van der Waals surface area (Å²) in [5.41, 5.74) is 0.469. The van der Waals surface area contributed by atoms with Gasteiger partial charge in [-0.2, -0.15) is 11.8 Å². The van der Waals surface area contributed by atoms with Gasteiger partial charge in [-0.25, -0.2) is 17.1 Å². The number of amides is 1. The molecule has 0 spiro atoms. The first kappa shape index (κ1) is 20.5. The van der Waals surface area contributed by atoms with E-state index in [1.807, 2.05) is 0 Å². The van der Waals surface area contributed by atoms with E-state index >= 15 is 0 Å². The monoisotopic (exact) mass is 408 g/mol. The number of halogens is 2. The minimum absolute atomic E-state index is 0.127. The molecule has 25 heavy (non-hydrogen) atoms. The molecule has 0 aliphatic carbocycles. The van der Waals surface area contributed by atoms with Crippen LogP contribution in [-0.4, -0.2) is 50.3 Å². The van der Waals surface area contributed by atoms with Gasteiger partial charge in [-0.05, 0) is 25.0 Å². The van der Waals surface area contributed by atoms with E-state index in [4.69, 9.17) is 11.6 Å². The van der Waals surface area contributed by atoms with Crippen LogP contribution in [0.1, 0.15) is 18.4 Å². The molecule has 0 bridgehead atoms. The van der Waals surface area contributed by atoms with E-state index in [0.29, 0.717) is 48.0 Å². The maximum Gasteiger partial charge on any atom is 0.224 e. The third-order valence-corrected chi connectivity index (χ3v) is 6.69. The third kappa shape index (κ3) is 6.13. The van der Waals surface area contributed by atoms with E-state index in [1.54, 1.807) is 12.1 Å².